The van der Waals surface area contributed by atoms with Gasteiger partial charge in [-0.1, -0.05) is 48.5 Å². The number of piperidine rings is 1. The summed E-state index contributed by atoms with van der Waals surface area (Å²) in [5, 5.41) is 2.01. The molecule has 140 valence electrons. The Kier molecular flexibility index (Phi) is 3.93. The normalized spacial score (nSPS) is 18.0. The molecule has 0 saturated carbocycles. The van der Waals surface area contributed by atoms with E-state index < -0.39 is 5.60 Å². The highest BCUT2D eigenvalue weighted by atomic mass is 16.5. The van der Waals surface area contributed by atoms with Gasteiger partial charge in [0.25, 0.3) is 5.91 Å². The molecule has 2 aliphatic rings. The molecule has 1 spiro atoms. The van der Waals surface area contributed by atoms with Gasteiger partial charge in [-0.2, -0.15) is 0 Å². The summed E-state index contributed by atoms with van der Waals surface area (Å²) >= 11 is 0. The Morgan fingerprint density at radius 1 is 0.893 bits per heavy atom. The average molecular weight is 371 g/mol. The Hall–Kier alpha value is -3.14. The molecule has 0 aromatic heterocycles. The minimum atomic E-state index is -0.500. The number of amides is 1. The van der Waals surface area contributed by atoms with E-state index in [9.17, 15) is 9.59 Å². The fourth-order valence-electron chi connectivity index (χ4n) is 4.43. The summed E-state index contributed by atoms with van der Waals surface area (Å²) in [5.41, 5.74) is 0.905. The van der Waals surface area contributed by atoms with Crippen LogP contribution in [0.4, 0.5) is 0 Å². The molecule has 0 bridgehead atoms. The molecule has 4 heteroatoms. The van der Waals surface area contributed by atoms with Crippen molar-refractivity contribution in [3.63, 3.8) is 0 Å². The summed E-state index contributed by atoms with van der Waals surface area (Å²) < 4.78 is 6.41. The van der Waals surface area contributed by atoms with Crippen molar-refractivity contribution in [3.05, 3.63) is 77.9 Å². The van der Waals surface area contributed by atoms with E-state index in [-0.39, 0.29) is 11.7 Å². The van der Waals surface area contributed by atoms with E-state index >= 15 is 0 Å². The first kappa shape index (κ1) is 17.0. The number of likely N-dealkylation sites (tertiary alicyclic amines) is 1. The molecule has 0 atom stereocenters. The van der Waals surface area contributed by atoms with Gasteiger partial charge < -0.3 is 9.64 Å². The summed E-state index contributed by atoms with van der Waals surface area (Å²) in [6, 6.07) is 21.2. The molecule has 0 aliphatic carbocycles. The second-order valence-electron chi connectivity index (χ2n) is 7.70. The number of ether oxygens (including phenoxy) is 1. The Labute approximate surface area is 163 Å². The molecule has 1 amide bonds. The van der Waals surface area contributed by atoms with Gasteiger partial charge in [0.1, 0.15) is 11.4 Å². The van der Waals surface area contributed by atoms with Crippen molar-refractivity contribution in [1.29, 1.82) is 0 Å². The third-order valence-electron chi connectivity index (χ3n) is 5.96. The first-order valence-corrected chi connectivity index (χ1v) is 9.74. The van der Waals surface area contributed by atoms with Crippen molar-refractivity contribution in [2.24, 2.45) is 0 Å². The number of carbonyl (C=O) groups excluding carboxylic acids is 2. The van der Waals surface area contributed by atoms with Crippen LogP contribution in [-0.2, 0) is 0 Å². The predicted molar refractivity (Wildman–Crippen MR) is 108 cm³/mol. The van der Waals surface area contributed by atoms with Crippen LogP contribution in [0.2, 0.25) is 0 Å². The number of ketones is 1. The maximum absolute atomic E-state index is 13.0. The highest BCUT2D eigenvalue weighted by Crippen LogP contribution is 2.42. The fourth-order valence-corrected chi connectivity index (χ4v) is 4.43. The van der Waals surface area contributed by atoms with Crippen LogP contribution in [0.3, 0.4) is 0 Å². The lowest BCUT2D eigenvalue weighted by molar-refractivity contribution is -0.00546. The maximum atomic E-state index is 13.0. The second kappa shape index (κ2) is 6.48. The SMILES string of the molecule is O=C1CC2(CCN(C(=O)c3ccccc3)CC2)Oc2ccc3ccccc3c21. The summed E-state index contributed by atoms with van der Waals surface area (Å²) in [6.07, 6.45) is 1.72. The molecule has 3 aromatic rings. The Morgan fingerprint density at radius 2 is 1.61 bits per heavy atom. The Balaban J connectivity index is 1.38. The zero-order chi connectivity index (χ0) is 19.1. The largest absolute Gasteiger partial charge is 0.486 e. The number of fused-ring (bicyclic) bond motifs is 3. The quantitative estimate of drug-likeness (QED) is 0.634. The smallest absolute Gasteiger partial charge is 0.253 e. The molecule has 0 unspecified atom stereocenters. The van der Waals surface area contributed by atoms with Crippen LogP contribution in [-0.4, -0.2) is 35.3 Å². The van der Waals surface area contributed by atoms with E-state index in [1.165, 1.54) is 0 Å². The van der Waals surface area contributed by atoms with Crippen LogP contribution in [0.5, 0.6) is 5.75 Å². The second-order valence-corrected chi connectivity index (χ2v) is 7.70. The zero-order valence-electron chi connectivity index (χ0n) is 15.6. The van der Waals surface area contributed by atoms with Crippen LogP contribution in [0.25, 0.3) is 10.8 Å². The number of hydrogen-bond acceptors (Lipinski definition) is 3. The van der Waals surface area contributed by atoms with Crippen molar-refractivity contribution >= 4 is 22.5 Å². The van der Waals surface area contributed by atoms with Crippen molar-refractivity contribution in [1.82, 2.24) is 4.90 Å². The molecule has 4 nitrogen and oxygen atoms in total. The minimum absolute atomic E-state index is 0.0454. The van der Waals surface area contributed by atoms with Crippen molar-refractivity contribution in [2.75, 3.05) is 13.1 Å². The van der Waals surface area contributed by atoms with E-state index in [4.69, 9.17) is 4.74 Å². The van der Waals surface area contributed by atoms with Crippen LogP contribution in [0, 0.1) is 0 Å². The monoisotopic (exact) mass is 371 g/mol. The van der Waals surface area contributed by atoms with Crippen LogP contribution in [0.15, 0.2) is 66.7 Å². The topological polar surface area (TPSA) is 46.6 Å². The maximum Gasteiger partial charge on any atom is 0.253 e. The van der Waals surface area contributed by atoms with Crippen molar-refractivity contribution in [3.8, 4) is 5.75 Å². The number of Topliss-reactive ketones (excluding diaryl/α,β-unsaturated/α-hetero) is 1. The lowest BCUT2D eigenvalue weighted by Crippen LogP contribution is -2.52. The van der Waals surface area contributed by atoms with E-state index in [0.29, 0.717) is 49.2 Å². The lowest BCUT2D eigenvalue weighted by Gasteiger charge is -2.44. The van der Waals surface area contributed by atoms with Gasteiger partial charge in [0.05, 0.1) is 12.0 Å². The van der Waals surface area contributed by atoms with Gasteiger partial charge >= 0.3 is 0 Å². The van der Waals surface area contributed by atoms with Gasteiger partial charge in [-0.15, -0.1) is 0 Å². The molecule has 1 saturated heterocycles. The highest BCUT2D eigenvalue weighted by Gasteiger charge is 2.44. The molecule has 28 heavy (non-hydrogen) atoms. The number of benzene rings is 3. The van der Waals surface area contributed by atoms with Gasteiger partial charge in [0.15, 0.2) is 5.78 Å². The molecule has 3 aromatic carbocycles. The van der Waals surface area contributed by atoms with Gasteiger partial charge in [-0.05, 0) is 29.0 Å². The summed E-state index contributed by atoms with van der Waals surface area (Å²) in [6.45, 7) is 1.20. The number of hydrogen-bond donors (Lipinski definition) is 0. The van der Waals surface area contributed by atoms with E-state index in [1.54, 1.807) is 0 Å². The van der Waals surface area contributed by atoms with E-state index in [0.717, 1.165) is 10.8 Å². The van der Waals surface area contributed by atoms with E-state index in [2.05, 4.69) is 0 Å². The number of nitrogens with zero attached hydrogens (tertiary/aromatic N) is 1. The minimum Gasteiger partial charge on any atom is -0.486 e. The summed E-state index contributed by atoms with van der Waals surface area (Å²) in [5.74, 6) is 0.864. The van der Waals surface area contributed by atoms with E-state index in [1.807, 2.05) is 71.6 Å². The van der Waals surface area contributed by atoms with Gasteiger partial charge in [-0.25, -0.2) is 0 Å². The molecule has 0 radical (unpaired) electrons. The average Bonchev–Trinajstić information content (AvgIpc) is 2.74. The van der Waals surface area contributed by atoms with Crippen molar-refractivity contribution < 1.29 is 14.3 Å². The third-order valence-corrected chi connectivity index (χ3v) is 5.96. The number of rotatable bonds is 1. The zero-order valence-corrected chi connectivity index (χ0v) is 15.6. The molecule has 0 N–H and O–H groups in total. The Bertz CT molecular complexity index is 1070. The fraction of sp³-hybridized carbons (Fsp3) is 0.250. The molecular weight excluding hydrogens is 350 g/mol. The van der Waals surface area contributed by atoms with Gasteiger partial charge in [0.2, 0.25) is 0 Å². The first-order chi connectivity index (χ1) is 13.7. The van der Waals surface area contributed by atoms with Crippen LogP contribution >= 0.6 is 0 Å². The molecule has 1 fully saturated rings. The molecule has 5 rings (SSSR count). The van der Waals surface area contributed by atoms with Gasteiger partial charge in [0, 0.05) is 31.5 Å². The molecule has 2 heterocycles. The number of carbonyl (C=O) groups is 2. The standard InChI is InChI=1S/C24H21NO3/c26-20-16-24(28-21-11-10-17-6-4-5-9-19(17)22(20)21)12-14-25(15-13-24)23(27)18-7-2-1-3-8-18/h1-11H,12-16H2. The highest BCUT2D eigenvalue weighted by molar-refractivity contribution is 6.11. The van der Waals surface area contributed by atoms with Gasteiger partial charge in [-0.3, -0.25) is 9.59 Å². The van der Waals surface area contributed by atoms with Crippen LogP contribution < -0.4 is 4.74 Å². The van der Waals surface area contributed by atoms with Crippen molar-refractivity contribution in [2.45, 2.75) is 24.9 Å². The molecular formula is C24H21NO3. The third kappa shape index (κ3) is 2.76. The predicted octanol–water partition coefficient (Wildman–Crippen LogP) is 4.48. The lowest BCUT2D eigenvalue weighted by atomic mass is 9.81. The summed E-state index contributed by atoms with van der Waals surface area (Å²) in [4.78, 5) is 27.6. The molecule has 2 aliphatic heterocycles. The first-order valence-electron chi connectivity index (χ1n) is 9.74. The van der Waals surface area contributed by atoms with Crippen LogP contribution in [0.1, 0.15) is 40.0 Å². The summed E-state index contributed by atoms with van der Waals surface area (Å²) in [7, 11) is 0. The Morgan fingerprint density at radius 3 is 2.39 bits per heavy atom.